The molecule has 1 heterocycles. The van der Waals surface area contributed by atoms with Crippen LogP contribution in [-0.2, 0) is 16.0 Å². The van der Waals surface area contributed by atoms with E-state index in [-0.39, 0.29) is 11.8 Å². The molecule has 1 aliphatic rings. The topological polar surface area (TPSA) is 49.4 Å². The van der Waals surface area contributed by atoms with Crippen molar-refractivity contribution < 1.29 is 9.59 Å². The van der Waals surface area contributed by atoms with Crippen molar-refractivity contribution in [1.29, 1.82) is 0 Å². The number of amides is 2. The largest absolute Gasteiger partial charge is 0.355 e. The smallest absolute Gasteiger partial charge is 0.227 e. The summed E-state index contributed by atoms with van der Waals surface area (Å²) in [6.07, 6.45) is 2.90. The zero-order chi connectivity index (χ0) is 18.4. The van der Waals surface area contributed by atoms with E-state index >= 15 is 0 Å². The van der Waals surface area contributed by atoms with E-state index in [0.717, 1.165) is 30.6 Å². The maximum atomic E-state index is 12.3. The highest BCUT2D eigenvalue weighted by atomic mass is 16.2. The summed E-state index contributed by atoms with van der Waals surface area (Å²) in [6.45, 7) is 3.58. The number of rotatable bonds is 7. The highest BCUT2D eigenvalue weighted by Crippen LogP contribution is 2.22. The number of nitrogens with zero attached hydrogens (tertiary/aromatic N) is 1. The van der Waals surface area contributed by atoms with Crippen molar-refractivity contribution in [2.24, 2.45) is 0 Å². The highest BCUT2D eigenvalue weighted by molar-refractivity contribution is 5.95. The summed E-state index contributed by atoms with van der Waals surface area (Å²) in [5.74, 6) is 0.551. The van der Waals surface area contributed by atoms with Crippen LogP contribution in [0.3, 0.4) is 0 Å². The van der Waals surface area contributed by atoms with Gasteiger partial charge in [-0.1, -0.05) is 49.4 Å². The van der Waals surface area contributed by atoms with Crippen LogP contribution in [0.25, 0.3) is 0 Å². The molecule has 0 aromatic heterocycles. The molecule has 1 unspecified atom stereocenters. The number of hydrogen-bond acceptors (Lipinski definition) is 2. The van der Waals surface area contributed by atoms with Gasteiger partial charge >= 0.3 is 0 Å². The van der Waals surface area contributed by atoms with Crippen molar-refractivity contribution in [3.8, 4) is 0 Å². The van der Waals surface area contributed by atoms with Crippen LogP contribution in [-0.4, -0.2) is 24.9 Å². The number of carbonyl (C=O) groups is 2. The zero-order valence-electron chi connectivity index (χ0n) is 15.3. The molecular weight excluding hydrogens is 324 g/mol. The van der Waals surface area contributed by atoms with Crippen LogP contribution in [0.4, 0.5) is 5.69 Å². The highest BCUT2D eigenvalue weighted by Gasteiger charge is 2.21. The summed E-state index contributed by atoms with van der Waals surface area (Å²) >= 11 is 0. The summed E-state index contributed by atoms with van der Waals surface area (Å²) in [7, 11) is 0. The molecule has 1 saturated heterocycles. The van der Waals surface area contributed by atoms with E-state index in [2.05, 4.69) is 24.4 Å². The van der Waals surface area contributed by atoms with Crippen LogP contribution in [0, 0.1) is 0 Å². The van der Waals surface area contributed by atoms with Gasteiger partial charge in [-0.05, 0) is 36.1 Å². The molecule has 1 aliphatic heterocycles. The van der Waals surface area contributed by atoms with E-state index in [1.165, 1.54) is 5.56 Å². The fourth-order valence-corrected chi connectivity index (χ4v) is 3.42. The van der Waals surface area contributed by atoms with Crippen LogP contribution in [0.2, 0.25) is 0 Å². The van der Waals surface area contributed by atoms with Gasteiger partial charge in [0.05, 0.1) is 6.42 Å². The molecule has 0 spiro atoms. The first kappa shape index (κ1) is 18.2. The molecule has 3 rings (SSSR count). The Morgan fingerprint density at radius 1 is 1.12 bits per heavy atom. The number of carbonyl (C=O) groups excluding carboxylic acids is 2. The number of benzene rings is 2. The Balaban J connectivity index is 1.52. The molecule has 26 heavy (non-hydrogen) atoms. The second-order valence-electron chi connectivity index (χ2n) is 6.81. The fourth-order valence-electron chi connectivity index (χ4n) is 3.42. The maximum absolute atomic E-state index is 12.3. The zero-order valence-corrected chi connectivity index (χ0v) is 15.3. The first-order chi connectivity index (χ1) is 12.7. The lowest BCUT2D eigenvalue weighted by atomic mass is 9.96. The van der Waals surface area contributed by atoms with Crippen molar-refractivity contribution >= 4 is 17.5 Å². The van der Waals surface area contributed by atoms with Crippen molar-refractivity contribution in [2.45, 2.75) is 38.5 Å². The Kier molecular flexibility index (Phi) is 6.05. The van der Waals surface area contributed by atoms with Crippen LogP contribution in [0.1, 0.15) is 43.2 Å². The predicted molar refractivity (Wildman–Crippen MR) is 104 cm³/mol. The molecular formula is C22H26N2O2. The van der Waals surface area contributed by atoms with Gasteiger partial charge in [-0.2, -0.15) is 0 Å². The lowest BCUT2D eigenvalue weighted by Crippen LogP contribution is -2.29. The summed E-state index contributed by atoms with van der Waals surface area (Å²) in [6, 6.07) is 18.0. The van der Waals surface area contributed by atoms with Crippen LogP contribution in [0.5, 0.6) is 0 Å². The average Bonchev–Trinajstić information content (AvgIpc) is 3.10. The third-order valence-electron chi connectivity index (χ3n) is 5.00. The molecule has 136 valence electrons. The second kappa shape index (κ2) is 8.65. The SMILES string of the molecule is CCC(CNC(=O)Cc1ccc(N2CCCC2=O)cc1)c1ccccc1. The van der Waals surface area contributed by atoms with Gasteiger partial charge < -0.3 is 10.2 Å². The lowest BCUT2D eigenvalue weighted by molar-refractivity contribution is -0.120. The van der Waals surface area contributed by atoms with E-state index in [1.54, 1.807) is 0 Å². The van der Waals surface area contributed by atoms with E-state index in [0.29, 0.717) is 25.3 Å². The molecule has 4 nitrogen and oxygen atoms in total. The molecule has 2 aromatic rings. The predicted octanol–water partition coefficient (Wildman–Crippen LogP) is 3.67. The Morgan fingerprint density at radius 3 is 2.46 bits per heavy atom. The summed E-state index contributed by atoms with van der Waals surface area (Å²) in [5, 5.41) is 3.05. The number of anilines is 1. The summed E-state index contributed by atoms with van der Waals surface area (Å²) < 4.78 is 0. The Morgan fingerprint density at radius 2 is 1.85 bits per heavy atom. The van der Waals surface area contributed by atoms with E-state index in [9.17, 15) is 9.59 Å². The molecule has 0 saturated carbocycles. The summed E-state index contributed by atoms with van der Waals surface area (Å²) in [4.78, 5) is 25.9. The lowest BCUT2D eigenvalue weighted by Gasteiger charge is -2.17. The minimum Gasteiger partial charge on any atom is -0.355 e. The Labute approximate surface area is 155 Å². The third kappa shape index (κ3) is 4.51. The molecule has 1 atom stereocenters. The van der Waals surface area contributed by atoms with Gasteiger partial charge in [0, 0.05) is 31.1 Å². The molecule has 2 amide bonds. The molecule has 0 bridgehead atoms. The van der Waals surface area contributed by atoms with Crippen molar-refractivity contribution in [2.75, 3.05) is 18.0 Å². The number of hydrogen-bond donors (Lipinski definition) is 1. The first-order valence-electron chi connectivity index (χ1n) is 9.38. The van der Waals surface area contributed by atoms with E-state index in [1.807, 2.05) is 47.4 Å². The minimum atomic E-state index is 0.0318. The average molecular weight is 350 g/mol. The third-order valence-corrected chi connectivity index (χ3v) is 5.00. The molecule has 1 N–H and O–H groups in total. The van der Waals surface area contributed by atoms with Crippen LogP contribution in [0.15, 0.2) is 54.6 Å². The van der Waals surface area contributed by atoms with Gasteiger partial charge in [-0.15, -0.1) is 0 Å². The molecule has 1 fully saturated rings. The van der Waals surface area contributed by atoms with Gasteiger partial charge in [0.2, 0.25) is 11.8 Å². The fraction of sp³-hybridized carbons (Fsp3) is 0.364. The van der Waals surface area contributed by atoms with Crippen LogP contribution >= 0.6 is 0 Å². The molecule has 0 radical (unpaired) electrons. The van der Waals surface area contributed by atoms with E-state index in [4.69, 9.17) is 0 Å². The molecule has 4 heteroatoms. The first-order valence-corrected chi connectivity index (χ1v) is 9.38. The van der Waals surface area contributed by atoms with Crippen LogP contribution < -0.4 is 10.2 Å². The molecule has 0 aliphatic carbocycles. The van der Waals surface area contributed by atoms with Gasteiger partial charge in [-0.25, -0.2) is 0 Å². The minimum absolute atomic E-state index is 0.0318. The quantitative estimate of drug-likeness (QED) is 0.828. The van der Waals surface area contributed by atoms with Gasteiger partial charge in [0.25, 0.3) is 0 Å². The van der Waals surface area contributed by atoms with E-state index < -0.39 is 0 Å². The maximum Gasteiger partial charge on any atom is 0.227 e. The van der Waals surface area contributed by atoms with Crippen molar-refractivity contribution in [3.05, 3.63) is 65.7 Å². The summed E-state index contributed by atoms with van der Waals surface area (Å²) in [5.41, 5.74) is 3.15. The van der Waals surface area contributed by atoms with Crippen molar-refractivity contribution in [3.63, 3.8) is 0 Å². The van der Waals surface area contributed by atoms with Gasteiger partial charge in [-0.3, -0.25) is 9.59 Å². The second-order valence-corrected chi connectivity index (χ2v) is 6.81. The van der Waals surface area contributed by atoms with Crippen molar-refractivity contribution in [1.82, 2.24) is 5.32 Å². The Hall–Kier alpha value is -2.62. The Bertz CT molecular complexity index is 740. The van der Waals surface area contributed by atoms with Gasteiger partial charge in [0.1, 0.15) is 0 Å². The standard InChI is InChI=1S/C22H26N2O2/c1-2-18(19-7-4-3-5-8-19)16-23-21(25)15-17-10-12-20(13-11-17)24-14-6-9-22(24)26/h3-5,7-8,10-13,18H,2,6,9,14-16H2,1H3,(H,23,25). The number of nitrogens with one attached hydrogen (secondary N) is 1. The van der Waals surface area contributed by atoms with Gasteiger partial charge in [0.15, 0.2) is 0 Å². The normalized spacial score (nSPS) is 15.1. The molecule has 2 aromatic carbocycles. The monoisotopic (exact) mass is 350 g/mol.